The van der Waals surface area contributed by atoms with E-state index in [0.717, 1.165) is 29.8 Å². The summed E-state index contributed by atoms with van der Waals surface area (Å²) in [5.74, 6) is -0.642. The van der Waals surface area contributed by atoms with Gasteiger partial charge in [-0.3, -0.25) is 5.10 Å². The lowest BCUT2D eigenvalue weighted by Crippen LogP contribution is -2.28. The number of anilines is 1. The molecule has 0 radical (unpaired) electrons. The first-order valence-electron chi connectivity index (χ1n) is 8.37. The van der Waals surface area contributed by atoms with E-state index in [4.69, 9.17) is 0 Å². The van der Waals surface area contributed by atoms with Crippen LogP contribution < -0.4 is 15.4 Å². The third-order valence-corrected chi connectivity index (χ3v) is 5.55. The molecule has 0 fully saturated rings. The first-order chi connectivity index (χ1) is 14.1. The lowest BCUT2D eigenvalue weighted by Gasteiger charge is -2.11. The molecule has 0 unspecified atom stereocenters. The molecule has 158 valence electrons. The van der Waals surface area contributed by atoms with Crippen molar-refractivity contribution in [1.29, 1.82) is 0 Å². The van der Waals surface area contributed by atoms with E-state index in [9.17, 15) is 26.4 Å². The number of halogens is 3. The van der Waals surface area contributed by atoms with E-state index in [1.54, 1.807) is 12.4 Å². The summed E-state index contributed by atoms with van der Waals surface area (Å²) >= 11 is 0. The van der Waals surface area contributed by atoms with Crippen LogP contribution in [0.3, 0.4) is 0 Å². The predicted molar refractivity (Wildman–Crippen MR) is 99.5 cm³/mol. The second-order valence-corrected chi connectivity index (χ2v) is 7.91. The van der Waals surface area contributed by atoms with Crippen LogP contribution in [0.4, 0.5) is 23.7 Å². The molecule has 0 aliphatic carbocycles. The van der Waals surface area contributed by atoms with Crippen LogP contribution in [0, 0.1) is 0 Å². The SMILES string of the molecule is O=C(NCc1cn[nH]c1)Nc1ccc(S(=O)(=O)c2cccc(OC(F)(F)F)c2)cc1. The Bertz CT molecular complexity index is 1120. The second kappa shape index (κ2) is 8.45. The first-order valence-corrected chi connectivity index (χ1v) is 9.85. The van der Waals surface area contributed by atoms with Crippen molar-refractivity contribution < 1.29 is 31.1 Å². The molecule has 8 nitrogen and oxygen atoms in total. The van der Waals surface area contributed by atoms with Crippen LogP contribution in [-0.2, 0) is 16.4 Å². The normalized spacial score (nSPS) is 11.7. The molecule has 0 bridgehead atoms. The van der Waals surface area contributed by atoms with E-state index < -0.39 is 28.0 Å². The predicted octanol–water partition coefficient (Wildman–Crippen LogP) is 3.46. The van der Waals surface area contributed by atoms with Gasteiger partial charge in [0.1, 0.15) is 5.75 Å². The maximum atomic E-state index is 12.7. The van der Waals surface area contributed by atoms with Crippen LogP contribution in [0.2, 0.25) is 0 Å². The Morgan fingerprint density at radius 2 is 1.83 bits per heavy atom. The fourth-order valence-corrected chi connectivity index (χ4v) is 3.72. The fraction of sp³-hybridized carbons (Fsp3) is 0.111. The highest BCUT2D eigenvalue weighted by atomic mass is 32.2. The zero-order valence-corrected chi connectivity index (χ0v) is 15.9. The monoisotopic (exact) mass is 440 g/mol. The smallest absolute Gasteiger partial charge is 0.406 e. The number of aromatic amines is 1. The Hall–Kier alpha value is -3.54. The zero-order valence-electron chi connectivity index (χ0n) is 15.1. The Morgan fingerprint density at radius 1 is 1.10 bits per heavy atom. The van der Waals surface area contributed by atoms with Gasteiger partial charge in [0.2, 0.25) is 9.84 Å². The van der Waals surface area contributed by atoms with Crippen molar-refractivity contribution in [1.82, 2.24) is 15.5 Å². The van der Waals surface area contributed by atoms with Crippen molar-refractivity contribution in [3.8, 4) is 5.75 Å². The highest BCUT2D eigenvalue weighted by Crippen LogP contribution is 2.28. The third-order valence-electron chi connectivity index (χ3n) is 3.78. The number of sulfone groups is 1. The Labute approximate surface area is 169 Å². The summed E-state index contributed by atoms with van der Waals surface area (Å²) in [5.41, 5.74) is 1.09. The van der Waals surface area contributed by atoms with Gasteiger partial charge < -0.3 is 15.4 Å². The van der Waals surface area contributed by atoms with Gasteiger partial charge in [0.25, 0.3) is 0 Å². The minimum atomic E-state index is -4.94. The number of urea groups is 1. The number of nitrogens with zero attached hydrogens (tertiary/aromatic N) is 1. The standard InChI is InChI=1S/C18H15F3N4O4S/c19-18(20,21)29-14-2-1-3-16(8-14)30(27,28)15-6-4-13(5-7-15)25-17(26)22-9-12-10-23-24-11-12/h1-8,10-11H,9H2,(H,23,24)(H2,22,25,26). The molecule has 0 aliphatic heterocycles. The molecule has 1 heterocycles. The van der Waals surface area contributed by atoms with Crippen LogP contribution in [-0.4, -0.2) is 31.0 Å². The van der Waals surface area contributed by atoms with Crippen molar-refractivity contribution in [2.75, 3.05) is 5.32 Å². The fourth-order valence-electron chi connectivity index (χ4n) is 2.42. The zero-order chi connectivity index (χ0) is 21.8. The number of carbonyl (C=O) groups excluding carboxylic acids is 1. The average Bonchev–Trinajstić information content (AvgIpc) is 3.19. The molecular weight excluding hydrogens is 425 g/mol. The Kier molecular flexibility index (Phi) is 5.96. The number of ether oxygens (including phenoxy) is 1. The maximum absolute atomic E-state index is 12.7. The van der Waals surface area contributed by atoms with Crippen LogP contribution >= 0.6 is 0 Å². The van der Waals surface area contributed by atoms with Gasteiger partial charge in [-0.15, -0.1) is 13.2 Å². The van der Waals surface area contributed by atoms with E-state index in [1.165, 1.54) is 24.3 Å². The molecule has 12 heteroatoms. The number of hydrogen-bond acceptors (Lipinski definition) is 5. The lowest BCUT2D eigenvalue weighted by molar-refractivity contribution is -0.274. The summed E-state index contributed by atoms with van der Waals surface area (Å²) in [5, 5.41) is 11.5. The van der Waals surface area contributed by atoms with Gasteiger partial charge >= 0.3 is 12.4 Å². The van der Waals surface area contributed by atoms with Crippen LogP contribution in [0.1, 0.15) is 5.56 Å². The Morgan fingerprint density at radius 3 is 2.47 bits per heavy atom. The van der Waals surface area contributed by atoms with E-state index in [0.29, 0.717) is 5.69 Å². The molecule has 0 aliphatic rings. The molecule has 0 saturated carbocycles. The summed E-state index contributed by atoms with van der Waals surface area (Å²) in [6.07, 6.45) is -1.77. The van der Waals surface area contributed by atoms with Crippen molar-refractivity contribution >= 4 is 21.6 Å². The van der Waals surface area contributed by atoms with Crippen molar-refractivity contribution in [2.45, 2.75) is 22.7 Å². The largest absolute Gasteiger partial charge is 0.573 e. The third kappa shape index (κ3) is 5.50. The molecule has 30 heavy (non-hydrogen) atoms. The number of amides is 2. The number of alkyl halides is 3. The lowest BCUT2D eigenvalue weighted by atomic mass is 10.3. The molecule has 3 N–H and O–H groups in total. The molecule has 1 aromatic heterocycles. The Balaban J connectivity index is 1.69. The number of rotatable bonds is 6. The van der Waals surface area contributed by atoms with E-state index in [-0.39, 0.29) is 16.3 Å². The molecule has 3 aromatic rings. The van der Waals surface area contributed by atoms with Gasteiger partial charge in [0.05, 0.1) is 16.0 Å². The number of carbonyl (C=O) groups is 1. The highest BCUT2D eigenvalue weighted by Gasteiger charge is 2.31. The molecule has 0 atom stereocenters. The minimum absolute atomic E-state index is 0.156. The summed E-state index contributed by atoms with van der Waals surface area (Å²) in [4.78, 5) is 11.4. The number of nitrogens with one attached hydrogen (secondary N) is 3. The van der Waals surface area contributed by atoms with Gasteiger partial charge in [-0.1, -0.05) is 6.07 Å². The van der Waals surface area contributed by atoms with E-state index in [1.807, 2.05) is 0 Å². The molecule has 0 saturated heterocycles. The summed E-state index contributed by atoms with van der Waals surface area (Å²) < 4.78 is 66.2. The van der Waals surface area contributed by atoms with Gasteiger partial charge in [-0.2, -0.15) is 5.10 Å². The van der Waals surface area contributed by atoms with Gasteiger partial charge in [0, 0.05) is 24.0 Å². The van der Waals surface area contributed by atoms with Gasteiger partial charge in [-0.05, 0) is 42.5 Å². The van der Waals surface area contributed by atoms with Crippen LogP contribution in [0.5, 0.6) is 5.75 Å². The minimum Gasteiger partial charge on any atom is -0.406 e. The molecule has 0 spiro atoms. The van der Waals surface area contributed by atoms with Crippen LogP contribution in [0.15, 0.2) is 70.7 Å². The second-order valence-electron chi connectivity index (χ2n) is 5.96. The van der Waals surface area contributed by atoms with Gasteiger partial charge in [-0.25, -0.2) is 13.2 Å². The average molecular weight is 440 g/mol. The molecular formula is C18H15F3N4O4S. The molecule has 3 rings (SSSR count). The van der Waals surface area contributed by atoms with E-state index >= 15 is 0 Å². The number of hydrogen-bond donors (Lipinski definition) is 3. The number of aromatic nitrogens is 2. The molecule has 2 aromatic carbocycles. The van der Waals surface area contributed by atoms with Crippen molar-refractivity contribution in [3.63, 3.8) is 0 Å². The highest BCUT2D eigenvalue weighted by molar-refractivity contribution is 7.91. The maximum Gasteiger partial charge on any atom is 0.573 e. The summed E-state index contributed by atoms with van der Waals surface area (Å²) in [6, 6.07) is 8.78. The van der Waals surface area contributed by atoms with E-state index in [2.05, 4.69) is 25.6 Å². The summed E-state index contributed by atoms with van der Waals surface area (Å²) in [6.45, 7) is 0.241. The number of benzene rings is 2. The van der Waals surface area contributed by atoms with Gasteiger partial charge in [0.15, 0.2) is 0 Å². The van der Waals surface area contributed by atoms with Crippen LogP contribution in [0.25, 0.3) is 0 Å². The quantitative estimate of drug-likeness (QED) is 0.543. The van der Waals surface area contributed by atoms with Crippen molar-refractivity contribution in [2.24, 2.45) is 0 Å². The molecule has 2 amide bonds. The topological polar surface area (TPSA) is 113 Å². The number of H-pyrrole nitrogens is 1. The van der Waals surface area contributed by atoms with Crippen molar-refractivity contribution in [3.05, 3.63) is 66.5 Å². The first kappa shape index (κ1) is 21.2. The summed E-state index contributed by atoms with van der Waals surface area (Å²) in [7, 11) is -4.09.